The van der Waals surface area contributed by atoms with E-state index < -0.39 is 55.7 Å². The van der Waals surface area contributed by atoms with Gasteiger partial charge in [0.05, 0.1) is 32.0 Å². The van der Waals surface area contributed by atoms with E-state index in [0.717, 1.165) is 19.3 Å². The van der Waals surface area contributed by atoms with Gasteiger partial charge in [-0.2, -0.15) is 0 Å². The Kier molecular flexibility index (Phi) is 35.0. The first-order valence-electron chi connectivity index (χ1n) is 19.1. The molecule has 0 aliphatic heterocycles. The van der Waals surface area contributed by atoms with Crippen molar-refractivity contribution in [3.8, 4) is 142 Å². The Balaban J connectivity index is -0.0000000589. The van der Waals surface area contributed by atoms with Crippen LogP contribution in [0.4, 0.5) is 0 Å². The second-order valence-corrected chi connectivity index (χ2v) is 12.3. The van der Waals surface area contributed by atoms with Crippen molar-refractivity contribution in [2.45, 2.75) is 134 Å². The summed E-state index contributed by atoms with van der Waals surface area (Å²) in [7, 11) is 0. The zero-order valence-corrected chi connectivity index (χ0v) is 33.3. The molecule has 0 spiro atoms. The van der Waals surface area contributed by atoms with Crippen LogP contribution in [0.2, 0.25) is 0 Å². The van der Waals surface area contributed by atoms with Gasteiger partial charge < -0.3 is 40.7 Å². The molecule has 0 rings (SSSR count). The first-order valence-corrected chi connectivity index (χ1v) is 19.1. The third kappa shape index (κ3) is 32.2. The Morgan fingerprint density at radius 3 is 1.28 bits per heavy atom. The maximum atomic E-state index is 12.5. The molecule has 9 nitrogen and oxygen atoms in total. The molecule has 0 bridgehead atoms. The van der Waals surface area contributed by atoms with Crippen LogP contribution < -0.4 is 5.32 Å². The summed E-state index contributed by atoms with van der Waals surface area (Å²) in [6.45, 7) is 2.26. The Hall–Kier alpha value is -6.09. The third-order valence-corrected chi connectivity index (χ3v) is 7.65. The Bertz CT molecular complexity index is 2110. The molecule has 7 N–H and O–H groups in total. The molecule has 0 fully saturated rings. The summed E-state index contributed by atoms with van der Waals surface area (Å²) in [4.78, 5) is 12.5. The summed E-state index contributed by atoms with van der Waals surface area (Å²) in [6, 6.07) is -1.14. The van der Waals surface area contributed by atoms with Crippen LogP contribution in [0, 0.1) is 142 Å². The molecule has 0 aromatic carbocycles. The molecule has 6 atom stereocenters. The molecule has 0 aromatic rings. The summed E-state index contributed by atoms with van der Waals surface area (Å²) in [5, 5.41) is 62.5. The van der Waals surface area contributed by atoms with E-state index in [1.54, 1.807) is 6.92 Å². The van der Waals surface area contributed by atoms with Crippen LogP contribution in [0.5, 0.6) is 0 Å². The fourth-order valence-corrected chi connectivity index (χ4v) is 4.62. The predicted octanol–water partition coefficient (Wildman–Crippen LogP) is 7.34. The highest BCUT2D eigenvalue weighted by atomic mass is 16.5. The van der Waals surface area contributed by atoms with E-state index in [9.17, 15) is 30.3 Å². The van der Waals surface area contributed by atoms with Gasteiger partial charge in [0.1, 0.15) is 24.4 Å². The molecule has 58 heavy (non-hydrogen) atoms. The van der Waals surface area contributed by atoms with Crippen molar-refractivity contribution >= 4 is 5.91 Å². The van der Waals surface area contributed by atoms with Crippen molar-refractivity contribution in [2.24, 2.45) is 0 Å². The molecule has 0 heterocycles. The summed E-state index contributed by atoms with van der Waals surface area (Å²) in [6.07, 6.45) is 6.65. The minimum atomic E-state index is -1.69. The molecule has 0 saturated carbocycles. The van der Waals surface area contributed by atoms with Crippen LogP contribution in [0.1, 0.15) is 132 Å². The molecule has 0 aliphatic rings. The van der Waals surface area contributed by atoms with Crippen LogP contribution >= 0.6 is 0 Å². The fourth-order valence-electron chi connectivity index (χ4n) is 4.62. The number of amides is 1. The molecule has 348 valence electrons. The van der Waals surface area contributed by atoms with Gasteiger partial charge in [-0.1, -0.05) is 89.9 Å². The molecular weight excluding hydrogens is 731 g/mol. The van der Waals surface area contributed by atoms with Crippen molar-refractivity contribution < 1.29 is 74.4 Å². The minimum Gasteiger partial charge on any atom is -0.394 e. The molecule has 0 saturated heterocycles. The van der Waals surface area contributed by atoms with Crippen LogP contribution in [-0.2, 0) is 9.53 Å². The van der Waals surface area contributed by atoms with Gasteiger partial charge in [-0.25, -0.2) is 0 Å². The molecule has 0 radical (unpaired) electrons. The van der Waals surface area contributed by atoms with Crippen molar-refractivity contribution in [2.75, 3.05) is 19.8 Å². The number of nitrogens with one attached hydrogen (secondary N) is 1. The second-order valence-electron chi connectivity index (χ2n) is 12.3. The summed E-state index contributed by atoms with van der Waals surface area (Å²) < 4.78 is 5.38. The van der Waals surface area contributed by atoms with E-state index in [-0.39, 0.29) is 40.8 Å². The highest BCUT2D eigenvalue weighted by molar-refractivity contribution is 5.94. The standard InChI is InChI=1S/C49H51NO8.24H2/c1-3-5-7-9-11-13-15-17-18-19-20-21-22-23-24-25-26-27-29-31-33-35-37-39-47(55)50-43(41-58-42-46(54)49(57)45(53)40-51)48(56)44(52)38-36-34-32-30-28-16-14-12-10-8-6-4-2;;;;;;;;;;;;;;;;;;;;;;;;/h43-46,48-49,51-54,56-57H,4,6,8,10,12,14,16,28,30,32,34,36,38,40-42H2,1-2H3,(H,50,55);24*1H/t43-,44-,45-,46?,48-,49-;;;;;;;;;;;;;;;;;;;;;;;;/m0......................../s1. The maximum absolute atomic E-state index is 12.5. The van der Waals surface area contributed by atoms with E-state index in [0.29, 0.717) is 12.8 Å². The summed E-state index contributed by atoms with van der Waals surface area (Å²) in [5.74, 6) is 58.4. The first kappa shape index (κ1) is 51.9. The number of carbonyl (C=O) groups excluding carboxylic acids is 1. The molecule has 0 aliphatic carbocycles. The van der Waals surface area contributed by atoms with Crippen LogP contribution in [0.15, 0.2) is 0 Å². The first-order chi connectivity index (χ1) is 28.3. The monoisotopic (exact) mass is 830 g/mol. The Morgan fingerprint density at radius 2 is 0.879 bits per heavy atom. The lowest BCUT2D eigenvalue weighted by atomic mass is 9.99. The largest absolute Gasteiger partial charge is 0.394 e. The average Bonchev–Trinajstić information content (AvgIpc) is 3.22. The predicted molar refractivity (Wildman–Crippen MR) is 275 cm³/mol. The molecular formula is C49H99NO8. The van der Waals surface area contributed by atoms with Gasteiger partial charge in [0.15, 0.2) is 0 Å². The van der Waals surface area contributed by atoms with Gasteiger partial charge in [0.25, 0.3) is 5.91 Å². The number of carbonyl (C=O) groups is 1. The van der Waals surface area contributed by atoms with E-state index in [1.807, 2.05) is 0 Å². The topological polar surface area (TPSA) is 160 Å². The maximum Gasteiger partial charge on any atom is 0.297 e. The fraction of sp³-hybridized carbons (Fsp3) is 0.490. The lowest BCUT2D eigenvalue weighted by molar-refractivity contribution is -0.121. The molecule has 9 heteroatoms. The zero-order chi connectivity index (χ0) is 42.7. The van der Waals surface area contributed by atoms with Crippen molar-refractivity contribution in [1.82, 2.24) is 5.32 Å². The minimum absolute atomic E-state index is 0. The van der Waals surface area contributed by atoms with E-state index in [1.165, 1.54) is 51.4 Å². The highest BCUT2D eigenvalue weighted by Crippen LogP contribution is 2.15. The zero-order valence-electron chi connectivity index (χ0n) is 33.3. The average molecular weight is 830 g/mol. The van der Waals surface area contributed by atoms with Crippen molar-refractivity contribution in [1.29, 1.82) is 0 Å². The number of hydrogen-bond acceptors (Lipinski definition) is 8. The molecule has 1 amide bonds. The Morgan fingerprint density at radius 1 is 0.500 bits per heavy atom. The van der Waals surface area contributed by atoms with Gasteiger partial charge in [-0.15, -0.1) is 0 Å². The lowest BCUT2D eigenvalue weighted by Crippen LogP contribution is -2.51. The smallest absolute Gasteiger partial charge is 0.297 e. The van der Waals surface area contributed by atoms with E-state index >= 15 is 0 Å². The third-order valence-electron chi connectivity index (χ3n) is 7.65. The van der Waals surface area contributed by atoms with Crippen LogP contribution in [0.25, 0.3) is 0 Å². The summed E-state index contributed by atoms with van der Waals surface area (Å²) in [5.41, 5.74) is 0. The van der Waals surface area contributed by atoms with Crippen LogP contribution in [0.3, 0.4) is 0 Å². The number of unbranched alkanes of at least 4 members (excludes halogenated alkanes) is 11. The van der Waals surface area contributed by atoms with Gasteiger partial charge in [-0.05, 0) is 108 Å². The quantitative estimate of drug-likeness (QED) is 0.0417. The second kappa shape index (κ2) is 39.2. The number of hydrogen-bond donors (Lipinski definition) is 7. The van der Waals surface area contributed by atoms with Gasteiger partial charge >= 0.3 is 0 Å². The van der Waals surface area contributed by atoms with Crippen LogP contribution in [-0.4, -0.2) is 92.9 Å². The molecule has 1 unspecified atom stereocenters. The SMILES string of the molecule is CC#CC#CC#CC#CC#CC#CC#CC#CC#CC#CC#CC#CC(=O)N[C@@H](COCC(O)[C@@H](O)[C@@H](O)CO)[C@H](O)[C@@H](O)CCCCCCCCCCCCCC.[HH].[HH].[HH].[HH].[HH].[HH].[HH].[HH].[HH].[HH].[HH].[HH].[HH].[HH].[HH].[HH].[HH].[HH].[HH].[HH].[HH].[HH].[HH].[HH]. The van der Waals surface area contributed by atoms with Crippen molar-refractivity contribution in [3.05, 3.63) is 0 Å². The lowest BCUT2D eigenvalue weighted by Gasteiger charge is -2.28. The number of aliphatic hydroxyl groups is 6. The van der Waals surface area contributed by atoms with Crippen molar-refractivity contribution in [3.63, 3.8) is 0 Å². The van der Waals surface area contributed by atoms with Gasteiger partial charge in [0, 0.05) is 75.7 Å². The number of rotatable bonds is 23. The highest BCUT2D eigenvalue weighted by Gasteiger charge is 2.29. The van der Waals surface area contributed by atoms with E-state index in [4.69, 9.17) is 9.84 Å². The number of ether oxygens (including phenoxy) is 1. The molecule has 0 aromatic heterocycles. The number of aliphatic hydroxyl groups excluding tert-OH is 6. The van der Waals surface area contributed by atoms with Gasteiger partial charge in [0.2, 0.25) is 0 Å². The normalized spacial score (nSPS) is 11.7. The van der Waals surface area contributed by atoms with Gasteiger partial charge in [-0.3, -0.25) is 4.79 Å². The van der Waals surface area contributed by atoms with E-state index in [2.05, 4.69) is 154 Å². The summed E-state index contributed by atoms with van der Waals surface area (Å²) >= 11 is 0. The Labute approximate surface area is 381 Å².